The Kier molecular flexibility index (Phi) is 3.37. The third kappa shape index (κ3) is 2.19. The summed E-state index contributed by atoms with van der Waals surface area (Å²) in [7, 11) is 0. The average molecular weight is 324 g/mol. The Morgan fingerprint density at radius 3 is 3.00 bits per heavy atom. The molecule has 3 aromatic heterocycles. The molecule has 0 bridgehead atoms. The quantitative estimate of drug-likeness (QED) is 0.751. The number of fused-ring (bicyclic) bond motifs is 3. The lowest BCUT2D eigenvalue weighted by molar-refractivity contribution is -0.119. The number of H-pyrrole nitrogens is 1. The van der Waals surface area contributed by atoms with Gasteiger partial charge >= 0.3 is 0 Å². The monoisotopic (exact) mass is 324 g/mol. The van der Waals surface area contributed by atoms with E-state index in [9.17, 15) is 4.79 Å². The Balaban J connectivity index is 2.03. The normalized spacial score (nSPS) is 21.5. The average Bonchev–Trinajstić information content (AvgIpc) is 3.02. The number of pyridine rings is 1. The van der Waals surface area contributed by atoms with Gasteiger partial charge in [-0.3, -0.25) is 4.79 Å². The molecule has 1 fully saturated rings. The third-order valence-electron chi connectivity index (χ3n) is 4.83. The smallest absolute Gasteiger partial charge is 0.240 e. The number of aromatic amines is 1. The standard InChI is InChI=1S/C17H20N6O/c1-9-4-3-5-13(15(18)24)23(9)17-14-11-6-7-19-16(11)20-8-12(14)21-10(2)22-17/h6-9,13H,3-5H2,1-2H3,(H2,18,24)(H,21,22). The number of amides is 1. The molecule has 0 aromatic carbocycles. The van der Waals surface area contributed by atoms with Crippen LogP contribution in [-0.2, 0) is 4.79 Å². The van der Waals surface area contributed by atoms with E-state index in [4.69, 9.17) is 10.7 Å². The number of primary amides is 1. The lowest BCUT2D eigenvalue weighted by atomic mass is 9.95. The molecule has 0 aliphatic carbocycles. The molecule has 2 atom stereocenters. The van der Waals surface area contributed by atoms with Gasteiger partial charge in [-0.25, -0.2) is 15.0 Å². The number of hydrogen-bond donors (Lipinski definition) is 2. The van der Waals surface area contributed by atoms with Crippen molar-refractivity contribution >= 4 is 33.7 Å². The van der Waals surface area contributed by atoms with Crippen molar-refractivity contribution in [1.29, 1.82) is 0 Å². The Hall–Kier alpha value is -2.70. The van der Waals surface area contributed by atoms with Crippen molar-refractivity contribution in [2.75, 3.05) is 4.90 Å². The molecule has 1 amide bonds. The largest absolute Gasteiger partial charge is 0.368 e. The van der Waals surface area contributed by atoms with E-state index in [1.54, 1.807) is 12.4 Å². The molecule has 3 N–H and O–H groups in total. The van der Waals surface area contributed by atoms with Crippen LogP contribution in [0.25, 0.3) is 21.9 Å². The second-order valence-electron chi connectivity index (χ2n) is 6.48. The van der Waals surface area contributed by atoms with Crippen molar-refractivity contribution in [3.05, 3.63) is 24.3 Å². The molecule has 124 valence electrons. The van der Waals surface area contributed by atoms with Gasteiger partial charge in [-0.15, -0.1) is 0 Å². The number of piperidine rings is 1. The van der Waals surface area contributed by atoms with Crippen molar-refractivity contribution in [2.24, 2.45) is 5.73 Å². The van der Waals surface area contributed by atoms with Crippen LogP contribution >= 0.6 is 0 Å². The molecule has 7 nitrogen and oxygen atoms in total. The number of hydrogen-bond acceptors (Lipinski definition) is 5. The van der Waals surface area contributed by atoms with E-state index in [1.165, 1.54) is 0 Å². The van der Waals surface area contributed by atoms with E-state index in [1.807, 2.05) is 13.0 Å². The lowest BCUT2D eigenvalue weighted by Crippen LogP contribution is -2.52. The first kappa shape index (κ1) is 14.9. The molecule has 1 saturated heterocycles. The van der Waals surface area contributed by atoms with Crippen LogP contribution in [0.1, 0.15) is 32.0 Å². The summed E-state index contributed by atoms with van der Waals surface area (Å²) in [5, 5.41) is 1.88. The number of carbonyl (C=O) groups is 1. The highest BCUT2D eigenvalue weighted by Crippen LogP contribution is 2.35. The minimum Gasteiger partial charge on any atom is -0.368 e. The fraction of sp³-hybridized carbons (Fsp3) is 0.412. The minimum atomic E-state index is -0.336. The highest BCUT2D eigenvalue weighted by Gasteiger charge is 2.34. The first-order valence-electron chi connectivity index (χ1n) is 8.24. The van der Waals surface area contributed by atoms with Gasteiger partial charge in [0.2, 0.25) is 5.91 Å². The molecule has 1 aliphatic rings. The van der Waals surface area contributed by atoms with Gasteiger partial charge in [0.1, 0.15) is 17.7 Å². The molecule has 2 unspecified atom stereocenters. The summed E-state index contributed by atoms with van der Waals surface area (Å²) in [5.41, 5.74) is 7.26. The van der Waals surface area contributed by atoms with Gasteiger partial charge in [-0.2, -0.15) is 0 Å². The van der Waals surface area contributed by atoms with Gasteiger partial charge in [0.15, 0.2) is 5.65 Å². The maximum absolute atomic E-state index is 12.0. The van der Waals surface area contributed by atoms with Crippen molar-refractivity contribution in [1.82, 2.24) is 19.9 Å². The van der Waals surface area contributed by atoms with Crippen LogP contribution in [0.2, 0.25) is 0 Å². The second kappa shape index (κ2) is 5.43. The van der Waals surface area contributed by atoms with E-state index >= 15 is 0 Å². The van der Waals surface area contributed by atoms with Gasteiger partial charge in [0.05, 0.1) is 17.1 Å². The third-order valence-corrected chi connectivity index (χ3v) is 4.83. The number of carbonyl (C=O) groups excluding carboxylic acids is 1. The number of rotatable bonds is 2. The summed E-state index contributed by atoms with van der Waals surface area (Å²) < 4.78 is 0. The number of anilines is 1. The van der Waals surface area contributed by atoms with Crippen molar-refractivity contribution in [3.63, 3.8) is 0 Å². The van der Waals surface area contributed by atoms with Crippen LogP contribution in [-0.4, -0.2) is 37.9 Å². The summed E-state index contributed by atoms with van der Waals surface area (Å²) in [6, 6.07) is 1.80. The molecule has 4 rings (SSSR count). The zero-order valence-electron chi connectivity index (χ0n) is 13.8. The number of nitrogens with two attached hydrogens (primary N) is 1. The van der Waals surface area contributed by atoms with Crippen molar-refractivity contribution < 1.29 is 4.79 Å². The molecule has 4 heterocycles. The molecular formula is C17H20N6O. The van der Waals surface area contributed by atoms with Gasteiger partial charge < -0.3 is 15.6 Å². The van der Waals surface area contributed by atoms with Crippen LogP contribution in [0.4, 0.5) is 5.82 Å². The maximum atomic E-state index is 12.0. The van der Waals surface area contributed by atoms with E-state index in [2.05, 4.69) is 26.8 Å². The number of aryl methyl sites for hydroxylation is 1. The predicted octanol–water partition coefficient (Wildman–Crippen LogP) is 2.05. The molecular weight excluding hydrogens is 304 g/mol. The Morgan fingerprint density at radius 1 is 1.38 bits per heavy atom. The summed E-state index contributed by atoms with van der Waals surface area (Å²) in [6.07, 6.45) is 6.28. The van der Waals surface area contributed by atoms with E-state index in [0.29, 0.717) is 5.65 Å². The molecule has 0 radical (unpaired) electrons. The zero-order chi connectivity index (χ0) is 16.8. The highest BCUT2D eigenvalue weighted by atomic mass is 16.1. The highest BCUT2D eigenvalue weighted by molar-refractivity contribution is 6.09. The molecule has 24 heavy (non-hydrogen) atoms. The molecule has 3 aromatic rings. The summed E-state index contributed by atoms with van der Waals surface area (Å²) in [6.45, 7) is 4.03. The van der Waals surface area contributed by atoms with Crippen LogP contribution in [0.3, 0.4) is 0 Å². The van der Waals surface area contributed by atoms with Gasteiger partial charge in [-0.1, -0.05) is 0 Å². The lowest BCUT2D eigenvalue weighted by Gasteiger charge is -2.40. The van der Waals surface area contributed by atoms with Crippen LogP contribution in [0.15, 0.2) is 18.5 Å². The summed E-state index contributed by atoms with van der Waals surface area (Å²) in [4.78, 5) is 30.8. The zero-order valence-corrected chi connectivity index (χ0v) is 13.8. The van der Waals surface area contributed by atoms with E-state index < -0.39 is 0 Å². The summed E-state index contributed by atoms with van der Waals surface area (Å²) in [5.74, 6) is 1.27. The van der Waals surface area contributed by atoms with Gasteiger partial charge in [0.25, 0.3) is 0 Å². The molecule has 0 saturated carbocycles. The van der Waals surface area contributed by atoms with Crippen LogP contribution in [0.5, 0.6) is 0 Å². The van der Waals surface area contributed by atoms with Crippen molar-refractivity contribution in [2.45, 2.75) is 45.2 Å². The van der Waals surface area contributed by atoms with E-state index in [-0.39, 0.29) is 18.0 Å². The topological polar surface area (TPSA) is 101 Å². The first-order chi connectivity index (χ1) is 11.6. The SMILES string of the molecule is Cc1nc(N2C(C)CCCC2C(N)=O)c2c(cnc3nccc32)[nH]1. The first-order valence-corrected chi connectivity index (χ1v) is 8.24. The molecule has 1 aliphatic heterocycles. The predicted molar refractivity (Wildman–Crippen MR) is 92.7 cm³/mol. The van der Waals surface area contributed by atoms with Crippen molar-refractivity contribution in [3.8, 4) is 0 Å². The minimum absolute atomic E-state index is 0.194. The number of aromatic nitrogens is 4. The molecule has 7 heteroatoms. The fourth-order valence-electron chi connectivity index (χ4n) is 3.75. The van der Waals surface area contributed by atoms with Gasteiger partial charge in [0, 0.05) is 17.6 Å². The number of nitrogens with zero attached hydrogens (tertiary/aromatic N) is 4. The summed E-state index contributed by atoms with van der Waals surface area (Å²) >= 11 is 0. The maximum Gasteiger partial charge on any atom is 0.240 e. The van der Waals surface area contributed by atoms with Crippen LogP contribution < -0.4 is 10.6 Å². The van der Waals surface area contributed by atoms with E-state index in [0.717, 1.165) is 47.2 Å². The Labute approximate surface area is 139 Å². The fourth-order valence-corrected chi connectivity index (χ4v) is 3.75. The second-order valence-corrected chi connectivity index (χ2v) is 6.48. The number of nitrogens with one attached hydrogen (secondary N) is 1. The van der Waals surface area contributed by atoms with Gasteiger partial charge in [-0.05, 0) is 39.2 Å². The Bertz CT molecular complexity index is 933. The van der Waals surface area contributed by atoms with Crippen LogP contribution in [0, 0.1) is 6.92 Å². The Morgan fingerprint density at radius 2 is 2.21 bits per heavy atom. The molecule has 0 spiro atoms.